The van der Waals surface area contributed by atoms with Crippen molar-refractivity contribution in [1.29, 1.82) is 0 Å². The zero-order chi connectivity index (χ0) is 23.4. The van der Waals surface area contributed by atoms with E-state index in [1.54, 1.807) is 6.07 Å². The molecule has 4 rings (SSSR count). The van der Waals surface area contributed by atoms with Crippen molar-refractivity contribution in [2.24, 2.45) is 0 Å². The van der Waals surface area contributed by atoms with Crippen LogP contribution in [0.15, 0.2) is 47.0 Å². The number of nitrogens with one attached hydrogen (secondary N) is 1. The van der Waals surface area contributed by atoms with Gasteiger partial charge in [0.25, 0.3) is 5.89 Å². The molecule has 0 radical (unpaired) electrons. The van der Waals surface area contributed by atoms with E-state index >= 15 is 0 Å². The molecule has 1 aliphatic heterocycles. The van der Waals surface area contributed by atoms with Crippen LogP contribution in [0.3, 0.4) is 0 Å². The van der Waals surface area contributed by atoms with Gasteiger partial charge in [-0.15, -0.1) is 0 Å². The first-order valence-corrected chi connectivity index (χ1v) is 11.5. The molecular weight excluding hydrogens is 429 g/mol. The van der Waals surface area contributed by atoms with E-state index in [9.17, 15) is 13.2 Å². The monoisotopic (exact) mass is 458 g/mol. The molecule has 3 aromatic rings. The van der Waals surface area contributed by atoms with Crippen molar-refractivity contribution in [3.63, 3.8) is 0 Å². The molecule has 0 spiro atoms. The summed E-state index contributed by atoms with van der Waals surface area (Å²) in [6.07, 6.45) is -0.591. The van der Waals surface area contributed by atoms with Crippen molar-refractivity contribution in [2.45, 2.75) is 58.3 Å². The lowest BCUT2D eigenvalue weighted by Crippen LogP contribution is -2.38. The van der Waals surface area contributed by atoms with Gasteiger partial charge < -0.3 is 14.7 Å². The summed E-state index contributed by atoms with van der Waals surface area (Å²) in [6.45, 7) is 6.43. The fourth-order valence-electron chi connectivity index (χ4n) is 4.24. The fraction of sp³-hybridized carbons (Fsp3) is 0.440. The molecule has 1 fully saturated rings. The lowest BCUT2D eigenvalue weighted by atomic mass is 9.99. The summed E-state index contributed by atoms with van der Waals surface area (Å²) < 4.78 is 47.2. The Labute approximate surface area is 192 Å². The Balaban J connectivity index is 1.59. The highest BCUT2D eigenvalue weighted by Crippen LogP contribution is 2.41. The average molecular weight is 459 g/mol. The highest BCUT2D eigenvalue weighted by atomic mass is 19.4. The Morgan fingerprint density at radius 2 is 1.85 bits per heavy atom. The first kappa shape index (κ1) is 23.3. The molecular formula is C25H29F3N4O. The van der Waals surface area contributed by atoms with Crippen LogP contribution in [-0.4, -0.2) is 29.3 Å². The smallest absolute Gasteiger partial charge is 0.368 e. The van der Waals surface area contributed by atoms with Crippen LogP contribution in [0.5, 0.6) is 0 Å². The molecule has 8 heteroatoms. The summed E-state index contributed by atoms with van der Waals surface area (Å²) in [7, 11) is 0. The minimum atomic E-state index is -4.48. The third kappa shape index (κ3) is 5.38. The third-order valence-electron chi connectivity index (χ3n) is 6.06. The van der Waals surface area contributed by atoms with Gasteiger partial charge in [0.1, 0.15) is 0 Å². The van der Waals surface area contributed by atoms with E-state index in [1.807, 2.05) is 36.1 Å². The van der Waals surface area contributed by atoms with Gasteiger partial charge in [-0.3, -0.25) is 0 Å². The number of nitrogens with zero attached hydrogens (tertiary/aromatic N) is 3. The largest absolute Gasteiger partial charge is 0.418 e. The Bertz CT molecular complexity index is 1060. The van der Waals surface area contributed by atoms with Gasteiger partial charge in [0.2, 0.25) is 5.82 Å². The van der Waals surface area contributed by atoms with Gasteiger partial charge in [-0.05, 0) is 62.9 Å². The molecule has 2 aromatic carbocycles. The predicted octanol–water partition coefficient (Wildman–Crippen LogP) is 6.30. The van der Waals surface area contributed by atoms with Crippen molar-refractivity contribution in [1.82, 2.24) is 15.5 Å². The highest BCUT2D eigenvalue weighted by Gasteiger charge is 2.37. The molecule has 0 amide bonds. The first-order chi connectivity index (χ1) is 15.9. The van der Waals surface area contributed by atoms with Crippen LogP contribution in [-0.2, 0) is 12.7 Å². The molecule has 1 atom stereocenters. The second-order valence-corrected chi connectivity index (χ2v) is 8.56. The number of benzene rings is 2. The van der Waals surface area contributed by atoms with Crippen LogP contribution in [0.4, 0.5) is 18.9 Å². The number of aromatic nitrogens is 2. The lowest BCUT2D eigenvalue weighted by Gasteiger charge is -2.37. The molecule has 0 saturated carbocycles. The van der Waals surface area contributed by atoms with E-state index in [1.165, 1.54) is 6.07 Å². The Hall–Kier alpha value is -2.87. The standard InChI is InChI=1S/C25H29F3N4O/c1-3-13-29-16-18-7-9-19(10-8-18)23-30-24(33-31-23)20-11-12-22(21(15-20)25(26,27)28)32-14-5-4-6-17(32)2/h7-12,15,17,29H,3-6,13-14,16H2,1-2H3/t17-/m1/s1. The Kier molecular flexibility index (Phi) is 7.02. The maximum Gasteiger partial charge on any atom is 0.418 e. The molecule has 176 valence electrons. The van der Waals surface area contributed by atoms with Crippen molar-refractivity contribution < 1.29 is 17.7 Å². The zero-order valence-electron chi connectivity index (χ0n) is 19.0. The quantitative estimate of drug-likeness (QED) is 0.421. The maximum atomic E-state index is 13.9. The van der Waals surface area contributed by atoms with Gasteiger partial charge in [-0.2, -0.15) is 18.2 Å². The zero-order valence-corrected chi connectivity index (χ0v) is 19.0. The van der Waals surface area contributed by atoms with Crippen LogP contribution in [0, 0.1) is 0 Å². The topological polar surface area (TPSA) is 54.2 Å². The van der Waals surface area contributed by atoms with Gasteiger partial charge in [-0.1, -0.05) is 36.3 Å². The van der Waals surface area contributed by atoms with Gasteiger partial charge in [0.05, 0.1) is 5.56 Å². The predicted molar refractivity (Wildman–Crippen MR) is 123 cm³/mol. The average Bonchev–Trinajstić information content (AvgIpc) is 3.29. The summed E-state index contributed by atoms with van der Waals surface area (Å²) >= 11 is 0. The van der Waals surface area contributed by atoms with Gasteiger partial charge in [0, 0.05) is 35.9 Å². The molecule has 0 aliphatic carbocycles. The molecule has 1 saturated heterocycles. The van der Waals surface area contributed by atoms with E-state index in [0.29, 0.717) is 12.4 Å². The van der Waals surface area contributed by atoms with E-state index < -0.39 is 11.7 Å². The number of piperidine rings is 1. The molecule has 2 heterocycles. The van der Waals surface area contributed by atoms with Crippen LogP contribution in [0.1, 0.15) is 50.7 Å². The van der Waals surface area contributed by atoms with Crippen LogP contribution in [0.25, 0.3) is 22.8 Å². The molecule has 1 aromatic heterocycles. The van der Waals surface area contributed by atoms with Crippen LogP contribution >= 0.6 is 0 Å². The summed E-state index contributed by atoms with van der Waals surface area (Å²) in [5.74, 6) is 0.419. The van der Waals surface area contributed by atoms with E-state index in [4.69, 9.17) is 4.52 Å². The van der Waals surface area contributed by atoms with Crippen LogP contribution < -0.4 is 10.2 Å². The molecule has 33 heavy (non-hydrogen) atoms. The summed E-state index contributed by atoms with van der Waals surface area (Å²) in [6, 6.07) is 12.1. The Morgan fingerprint density at radius 3 is 2.55 bits per heavy atom. The summed E-state index contributed by atoms with van der Waals surface area (Å²) in [4.78, 5) is 6.22. The molecule has 1 N–H and O–H groups in total. The number of halogens is 3. The number of hydrogen-bond donors (Lipinski definition) is 1. The van der Waals surface area contributed by atoms with Crippen molar-refractivity contribution in [2.75, 3.05) is 18.0 Å². The lowest BCUT2D eigenvalue weighted by molar-refractivity contribution is -0.137. The van der Waals surface area contributed by atoms with Crippen LogP contribution in [0.2, 0.25) is 0 Å². The highest BCUT2D eigenvalue weighted by molar-refractivity contribution is 5.66. The van der Waals surface area contributed by atoms with Crippen molar-refractivity contribution in [3.8, 4) is 22.8 Å². The maximum absolute atomic E-state index is 13.9. The van der Waals surface area contributed by atoms with Gasteiger partial charge in [-0.25, -0.2) is 0 Å². The Morgan fingerprint density at radius 1 is 1.09 bits per heavy atom. The molecule has 0 unspecified atom stereocenters. The van der Waals surface area contributed by atoms with Crippen molar-refractivity contribution >= 4 is 5.69 Å². The first-order valence-electron chi connectivity index (χ1n) is 11.5. The van der Waals surface area contributed by atoms with Gasteiger partial charge in [0.15, 0.2) is 0 Å². The second-order valence-electron chi connectivity index (χ2n) is 8.56. The summed E-state index contributed by atoms with van der Waals surface area (Å²) in [5.41, 5.74) is 1.69. The number of hydrogen-bond acceptors (Lipinski definition) is 5. The molecule has 0 bridgehead atoms. The van der Waals surface area contributed by atoms with Gasteiger partial charge >= 0.3 is 6.18 Å². The second kappa shape index (κ2) is 9.95. The normalized spacial score (nSPS) is 16.9. The minimum Gasteiger partial charge on any atom is -0.368 e. The third-order valence-corrected chi connectivity index (χ3v) is 6.06. The molecule has 1 aliphatic rings. The van der Waals surface area contributed by atoms with E-state index in [0.717, 1.165) is 56.0 Å². The van der Waals surface area contributed by atoms with E-state index in [2.05, 4.69) is 22.4 Å². The van der Waals surface area contributed by atoms with E-state index in [-0.39, 0.29) is 23.2 Å². The van der Waals surface area contributed by atoms with Crippen molar-refractivity contribution in [3.05, 3.63) is 53.6 Å². The minimum absolute atomic E-state index is 0.0702. The number of alkyl halides is 3. The SMILES string of the molecule is CCCNCc1ccc(-c2noc(-c3ccc(N4CCCC[C@H]4C)c(C(F)(F)F)c3)n2)cc1. The fourth-order valence-corrected chi connectivity index (χ4v) is 4.24. The number of anilines is 1. The summed E-state index contributed by atoms with van der Waals surface area (Å²) in [5, 5.41) is 7.33. The number of rotatable bonds is 7. The molecule has 5 nitrogen and oxygen atoms in total.